The van der Waals surface area contributed by atoms with Gasteiger partial charge in [0.2, 0.25) is 0 Å². The van der Waals surface area contributed by atoms with Crippen LogP contribution < -0.4 is 5.73 Å². The zero-order valence-electron chi connectivity index (χ0n) is 9.84. The Hall–Kier alpha value is -0.940. The van der Waals surface area contributed by atoms with Crippen LogP contribution >= 0.6 is 15.9 Å². The SMILES string of the molecule is CCN(CCC(=N)N)Cc1cc(F)cc(Br)c1. The van der Waals surface area contributed by atoms with Crippen molar-refractivity contribution in [3.05, 3.63) is 34.1 Å². The van der Waals surface area contributed by atoms with Crippen molar-refractivity contribution >= 4 is 21.8 Å². The molecule has 1 rings (SSSR count). The largest absolute Gasteiger partial charge is 0.388 e. The second-order valence-corrected chi connectivity index (χ2v) is 4.84. The van der Waals surface area contributed by atoms with Crippen molar-refractivity contribution in [1.82, 2.24) is 4.90 Å². The average molecular weight is 302 g/mol. The van der Waals surface area contributed by atoms with Gasteiger partial charge in [-0.05, 0) is 30.3 Å². The molecule has 0 aromatic heterocycles. The van der Waals surface area contributed by atoms with E-state index in [0.29, 0.717) is 13.0 Å². The normalized spacial score (nSPS) is 10.8. The third-order valence-electron chi connectivity index (χ3n) is 2.47. The summed E-state index contributed by atoms with van der Waals surface area (Å²) in [5.41, 5.74) is 6.24. The van der Waals surface area contributed by atoms with Gasteiger partial charge in [0.25, 0.3) is 0 Å². The molecule has 0 aliphatic carbocycles. The van der Waals surface area contributed by atoms with Crippen LogP contribution in [0.1, 0.15) is 18.9 Å². The van der Waals surface area contributed by atoms with Gasteiger partial charge in [0, 0.05) is 24.0 Å². The molecule has 94 valence electrons. The molecule has 3 nitrogen and oxygen atoms in total. The number of halogens is 2. The van der Waals surface area contributed by atoms with Gasteiger partial charge in [-0.2, -0.15) is 0 Å². The molecule has 5 heteroatoms. The second kappa shape index (κ2) is 6.71. The maximum atomic E-state index is 13.2. The van der Waals surface area contributed by atoms with Gasteiger partial charge in [-0.25, -0.2) is 4.39 Å². The maximum Gasteiger partial charge on any atom is 0.124 e. The third-order valence-corrected chi connectivity index (χ3v) is 2.93. The predicted octanol–water partition coefficient (Wildman–Crippen LogP) is 2.74. The fourth-order valence-corrected chi connectivity index (χ4v) is 2.10. The lowest BCUT2D eigenvalue weighted by Crippen LogP contribution is -2.27. The van der Waals surface area contributed by atoms with Crippen LogP contribution in [0.3, 0.4) is 0 Å². The van der Waals surface area contributed by atoms with E-state index in [1.54, 1.807) is 0 Å². The lowest BCUT2D eigenvalue weighted by Gasteiger charge is -2.20. The smallest absolute Gasteiger partial charge is 0.124 e. The Morgan fingerprint density at radius 1 is 1.47 bits per heavy atom. The van der Waals surface area contributed by atoms with Gasteiger partial charge in [0.1, 0.15) is 5.82 Å². The summed E-state index contributed by atoms with van der Waals surface area (Å²) >= 11 is 3.27. The number of hydrogen-bond acceptors (Lipinski definition) is 2. The van der Waals surface area contributed by atoms with Gasteiger partial charge in [0.05, 0.1) is 5.84 Å². The van der Waals surface area contributed by atoms with Crippen molar-refractivity contribution in [2.75, 3.05) is 13.1 Å². The molecule has 0 radical (unpaired) electrons. The van der Waals surface area contributed by atoms with Crippen LogP contribution in [0.15, 0.2) is 22.7 Å². The molecule has 0 aliphatic heterocycles. The molecular weight excluding hydrogens is 285 g/mol. The first-order valence-electron chi connectivity index (χ1n) is 5.51. The van der Waals surface area contributed by atoms with Crippen molar-refractivity contribution in [3.8, 4) is 0 Å². The number of nitrogens with one attached hydrogen (secondary N) is 1. The second-order valence-electron chi connectivity index (χ2n) is 3.92. The third kappa shape index (κ3) is 5.28. The van der Waals surface area contributed by atoms with Gasteiger partial charge in [0.15, 0.2) is 0 Å². The molecule has 3 N–H and O–H groups in total. The molecule has 0 saturated heterocycles. The number of nitrogens with two attached hydrogens (primary N) is 1. The van der Waals surface area contributed by atoms with E-state index in [-0.39, 0.29) is 11.7 Å². The van der Waals surface area contributed by atoms with E-state index < -0.39 is 0 Å². The zero-order chi connectivity index (χ0) is 12.8. The topological polar surface area (TPSA) is 53.1 Å². The van der Waals surface area contributed by atoms with Crippen LogP contribution in [0.5, 0.6) is 0 Å². The summed E-state index contributed by atoms with van der Waals surface area (Å²) in [6.45, 7) is 4.27. The Balaban J connectivity index is 2.63. The Morgan fingerprint density at radius 2 is 2.18 bits per heavy atom. The van der Waals surface area contributed by atoms with E-state index in [9.17, 15) is 4.39 Å². The first-order valence-corrected chi connectivity index (χ1v) is 6.30. The van der Waals surface area contributed by atoms with Crippen molar-refractivity contribution in [2.45, 2.75) is 19.9 Å². The molecular formula is C12H17BrFN3. The average Bonchev–Trinajstić information content (AvgIpc) is 2.22. The molecule has 1 aromatic carbocycles. The molecule has 17 heavy (non-hydrogen) atoms. The van der Waals surface area contributed by atoms with Crippen LogP contribution in [0.4, 0.5) is 4.39 Å². The molecule has 0 bridgehead atoms. The lowest BCUT2D eigenvalue weighted by molar-refractivity contribution is 0.287. The van der Waals surface area contributed by atoms with Crippen molar-refractivity contribution in [2.24, 2.45) is 5.73 Å². The Morgan fingerprint density at radius 3 is 2.71 bits per heavy atom. The number of amidine groups is 1. The fraction of sp³-hybridized carbons (Fsp3) is 0.417. The monoisotopic (exact) mass is 301 g/mol. The summed E-state index contributed by atoms with van der Waals surface area (Å²) < 4.78 is 13.9. The predicted molar refractivity (Wildman–Crippen MR) is 71.6 cm³/mol. The molecule has 1 aromatic rings. The molecule has 0 heterocycles. The summed E-state index contributed by atoms with van der Waals surface area (Å²) in [6.07, 6.45) is 0.546. The highest BCUT2D eigenvalue weighted by Crippen LogP contribution is 2.16. The molecule has 0 unspecified atom stereocenters. The van der Waals surface area contributed by atoms with Gasteiger partial charge < -0.3 is 5.73 Å². The minimum absolute atomic E-state index is 0.184. The Labute approximate surface area is 109 Å². The van der Waals surface area contributed by atoms with E-state index >= 15 is 0 Å². The standard InChI is InChI=1S/C12H17BrFN3/c1-2-17(4-3-12(15)16)8-9-5-10(13)7-11(14)6-9/h5-7H,2-4,8H2,1H3,(H3,15,16). The van der Waals surface area contributed by atoms with Gasteiger partial charge in [-0.15, -0.1) is 0 Å². The van der Waals surface area contributed by atoms with Gasteiger partial charge in [-0.3, -0.25) is 10.3 Å². The summed E-state index contributed by atoms with van der Waals surface area (Å²) in [5, 5.41) is 7.19. The first-order chi connectivity index (χ1) is 8.01. The first kappa shape index (κ1) is 14.1. The van der Waals surface area contributed by atoms with Crippen LogP contribution in [0.25, 0.3) is 0 Å². The van der Waals surface area contributed by atoms with E-state index in [2.05, 4.69) is 20.8 Å². The molecule has 0 saturated carbocycles. The number of benzene rings is 1. The summed E-state index contributed by atoms with van der Waals surface area (Å²) in [7, 11) is 0. The number of hydrogen-bond donors (Lipinski definition) is 2. The van der Waals surface area contributed by atoms with E-state index in [0.717, 1.165) is 23.1 Å². The molecule has 0 fully saturated rings. The fourth-order valence-electron chi connectivity index (χ4n) is 1.59. The Kier molecular flexibility index (Phi) is 5.58. The van der Waals surface area contributed by atoms with Gasteiger partial charge >= 0.3 is 0 Å². The van der Waals surface area contributed by atoms with Crippen molar-refractivity contribution in [1.29, 1.82) is 5.41 Å². The minimum Gasteiger partial charge on any atom is -0.388 e. The highest BCUT2D eigenvalue weighted by atomic mass is 79.9. The summed E-state index contributed by atoms with van der Waals surface area (Å²) in [6, 6.07) is 4.87. The highest BCUT2D eigenvalue weighted by molar-refractivity contribution is 9.10. The van der Waals surface area contributed by atoms with Gasteiger partial charge in [-0.1, -0.05) is 22.9 Å². The van der Waals surface area contributed by atoms with Crippen LogP contribution in [0, 0.1) is 11.2 Å². The molecule has 0 spiro atoms. The quantitative estimate of drug-likeness (QED) is 0.627. The highest BCUT2D eigenvalue weighted by Gasteiger charge is 2.06. The van der Waals surface area contributed by atoms with Crippen LogP contribution in [0.2, 0.25) is 0 Å². The molecule has 0 atom stereocenters. The number of rotatable bonds is 6. The Bertz CT molecular complexity index is 375. The van der Waals surface area contributed by atoms with Crippen molar-refractivity contribution in [3.63, 3.8) is 0 Å². The maximum absolute atomic E-state index is 13.2. The van der Waals surface area contributed by atoms with Crippen LogP contribution in [-0.2, 0) is 6.54 Å². The number of nitrogens with zero attached hydrogens (tertiary/aromatic N) is 1. The van der Waals surface area contributed by atoms with E-state index in [1.807, 2.05) is 13.0 Å². The minimum atomic E-state index is -0.239. The summed E-state index contributed by atoms with van der Waals surface area (Å²) in [4.78, 5) is 2.13. The molecule has 0 amide bonds. The van der Waals surface area contributed by atoms with Crippen LogP contribution in [-0.4, -0.2) is 23.8 Å². The van der Waals surface area contributed by atoms with Crippen molar-refractivity contribution < 1.29 is 4.39 Å². The zero-order valence-corrected chi connectivity index (χ0v) is 11.4. The van der Waals surface area contributed by atoms with E-state index in [1.165, 1.54) is 12.1 Å². The lowest BCUT2D eigenvalue weighted by atomic mass is 10.2. The van der Waals surface area contributed by atoms with E-state index in [4.69, 9.17) is 11.1 Å². The molecule has 0 aliphatic rings. The summed E-state index contributed by atoms with van der Waals surface area (Å²) in [5.74, 6) is -0.0548.